The van der Waals surface area contributed by atoms with Crippen LogP contribution in [0.4, 0.5) is 26.3 Å². The Morgan fingerprint density at radius 2 is 1.04 bits per heavy atom. The van der Waals surface area contributed by atoms with Gasteiger partial charge in [0.25, 0.3) is 0 Å². The number of benzene rings is 2. The maximum Gasteiger partial charge on any atom is 0.658 e. The van der Waals surface area contributed by atoms with E-state index in [2.05, 4.69) is 9.47 Å². The van der Waals surface area contributed by atoms with Crippen LogP contribution < -0.4 is 18.8 Å². The fourth-order valence-electron chi connectivity index (χ4n) is 1.67. The number of halogens is 8. The first kappa shape index (κ1) is 21.2. The third kappa shape index (κ3) is 7.18. The molecule has 0 heterocycles. The van der Waals surface area contributed by atoms with Crippen molar-refractivity contribution in [2.45, 2.75) is 12.7 Å². The Labute approximate surface area is 158 Å². The van der Waals surface area contributed by atoms with Crippen molar-refractivity contribution in [1.29, 1.82) is 0 Å². The average molecular weight is 434 g/mol. The van der Waals surface area contributed by atoms with E-state index in [4.69, 9.17) is 32.5 Å². The van der Waals surface area contributed by atoms with Crippen molar-refractivity contribution in [3.63, 3.8) is 0 Å². The monoisotopic (exact) mass is 433 g/mol. The van der Waals surface area contributed by atoms with E-state index in [1.807, 2.05) is 0 Å². The first-order chi connectivity index (χ1) is 12.4. The van der Waals surface area contributed by atoms with Crippen molar-refractivity contribution in [2.75, 3.05) is 0 Å². The van der Waals surface area contributed by atoms with Gasteiger partial charge in [0.2, 0.25) is 0 Å². The molecule has 2 rings (SSSR count). The van der Waals surface area contributed by atoms with E-state index in [-0.39, 0.29) is 21.5 Å². The van der Waals surface area contributed by atoms with Gasteiger partial charge in [-0.1, -0.05) is 23.2 Å². The Morgan fingerprint density at radius 1 is 0.667 bits per heavy atom. The molecular weight excluding hydrogens is 428 g/mol. The van der Waals surface area contributed by atoms with E-state index in [9.17, 15) is 26.3 Å². The molecule has 0 unspecified atom stereocenters. The second kappa shape index (κ2) is 8.26. The molecule has 0 saturated carbocycles. The van der Waals surface area contributed by atoms with Crippen LogP contribution in [-0.4, -0.2) is 20.4 Å². The van der Waals surface area contributed by atoms with Crippen molar-refractivity contribution < 1.29 is 45.1 Å². The maximum absolute atomic E-state index is 12.2. The highest BCUT2D eigenvalue weighted by Gasteiger charge is 2.32. The van der Waals surface area contributed by atoms with Crippen molar-refractivity contribution in [1.82, 2.24) is 0 Å². The van der Waals surface area contributed by atoms with Crippen LogP contribution in [0.1, 0.15) is 0 Å². The van der Waals surface area contributed by atoms with Gasteiger partial charge in [0.15, 0.2) is 0 Å². The molecule has 13 heteroatoms. The molecule has 0 spiro atoms. The van der Waals surface area contributed by atoms with E-state index in [1.54, 1.807) is 0 Å². The molecule has 0 aliphatic heterocycles. The molecule has 0 bridgehead atoms. The van der Waals surface area contributed by atoms with Gasteiger partial charge < -0.3 is 18.8 Å². The second-order valence-corrected chi connectivity index (χ2v) is 5.43. The van der Waals surface area contributed by atoms with Crippen LogP contribution in [0, 0.1) is 0 Å². The van der Waals surface area contributed by atoms with Gasteiger partial charge in [-0.3, -0.25) is 0 Å². The van der Waals surface area contributed by atoms with Gasteiger partial charge in [0.1, 0.15) is 23.0 Å². The second-order valence-electron chi connectivity index (χ2n) is 4.61. The summed E-state index contributed by atoms with van der Waals surface area (Å²) in [6, 6.07) is 5.74. The highest BCUT2D eigenvalue weighted by Crippen LogP contribution is 2.33. The molecule has 0 aliphatic carbocycles. The quantitative estimate of drug-likeness (QED) is 0.427. The maximum atomic E-state index is 12.2. The van der Waals surface area contributed by atoms with Crippen LogP contribution in [0.2, 0.25) is 10.0 Å². The lowest BCUT2D eigenvalue weighted by Gasteiger charge is -2.13. The third-order valence-electron chi connectivity index (χ3n) is 2.62. The predicted octanol–water partition coefficient (Wildman–Crippen LogP) is 5.78. The van der Waals surface area contributed by atoms with Crippen LogP contribution in [-0.2, 0) is 0 Å². The Morgan fingerprint density at radius 3 is 1.37 bits per heavy atom. The lowest BCUT2D eigenvalue weighted by Crippen LogP contribution is -2.18. The van der Waals surface area contributed by atoms with E-state index in [0.29, 0.717) is 7.69 Å². The topological polar surface area (TPSA) is 36.9 Å². The lowest BCUT2D eigenvalue weighted by molar-refractivity contribution is -0.275. The van der Waals surface area contributed by atoms with Gasteiger partial charge in [-0.2, -0.15) is 0 Å². The highest BCUT2D eigenvalue weighted by atomic mass is 35.5. The van der Waals surface area contributed by atoms with Gasteiger partial charge in [0, 0.05) is 12.1 Å². The molecule has 1 radical (unpaired) electrons. The molecule has 0 saturated heterocycles. The van der Waals surface area contributed by atoms with Gasteiger partial charge in [-0.25, -0.2) is 0 Å². The zero-order chi connectivity index (χ0) is 20.2. The van der Waals surface area contributed by atoms with Gasteiger partial charge in [-0.15, -0.1) is 26.3 Å². The summed E-state index contributed by atoms with van der Waals surface area (Å²) in [5.74, 6) is -1.74. The van der Waals surface area contributed by atoms with Crippen LogP contribution >= 0.6 is 23.2 Å². The molecule has 0 aromatic heterocycles. The first-order valence-corrected chi connectivity index (χ1v) is 7.44. The number of rotatable bonds is 6. The van der Waals surface area contributed by atoms with E-state index >= 15 is 0 Å². The SMILES string of the molecule is FC(F)(F)Oc1ccc(Cl)c(O[B]Oc2cc(OC(F)(F)F)ccc2Cl)c1. The molecule has 2 aromatic rings. The van der Waals surface area contributed by atoms with Crippen LogP contribution in [0.15, 0.2) is 36.4 Å². The lowest BCUT2D eigenvalue weighted by atomic mass is 10.2. The standard InChI is InChI=1S/C14H6BCl2F6O4/c16-9-3-1-7(24-13(18,19)20)5-11(9)26-15-27-12-6-8(2-4-10(12)17)25-14(21,22)23/h1-6H. The zero-order valence-electron chi connectivity index (χ0n) is 12.7. The summed E-state index contributed by atoms with van der Waals surface area (Å²) in [6.07, 6.45) is -9.84. The minimum Gasteiger partial charge on any atom is -0.525 e. The Bertz CT molecular complexity index is 735. The number of ether oxygens (including phenoxy) is 2. The molecule has 0 fully saturated rings. The van der Waals surface area contributed by atoms with Crippen molar-refractivity contribution in [3.8, 4) is 23.0 Å². The van der Waals surface area contributed by atoms with Crippen LogP contribution in [0.3, 0.4) is 0 Å². The Hall–Kier alpha value is -2.14. The van der Waals surface area contributed by atoms with Gasteiger partial charge in [-0.05, 0) is 24.3 Å². The van der Waals surface area contributed by atoms with Crippen molar-refractivity contribution in [2.24, 2.45) is 0 Å². The fraction of sp³-hybridized carbons (Fsp3) is 0.143. The summed E-state index contributed by atoms with van der Waals surface area (Å²) in [7, 11) is 0.608. The summed E-state index contributed by atoms with van der Waals surface area (Å²) in [5.41, 5.74) is 0. The van der Waals surface area contributed by atoms with Crippen LogP contribution in [0.25, 0.3) is 0 Å². The molecule has 0 aliphatic rings. The number of hydrogen-bond acceptors (Lipinski definition) is 4. The van der Waals surface area contributed by atoms with Crippen molar-refractivity contribution in [3.05, 3.63) is 46.4 Å². The molecule has 0 amide bonds. The van der Waals surface area contributed by atoms with E-state index in [0.717, 1.165) is 36.4 Å². The summed E-state index contributed by atoms with van der Waals surface area (Å²) in [6.45, 7) is 0. The van der Waals surface area contributed by atoms with Crippen molar-refractivity contribution >= 4 is 30.9 Å². The van der Waals surface area contributed by atoms with Crippen LogP contribution in [0.5, 0.6) is 23.0 Å². The van der Waals surface area contributed by atoms with Gasteiger partial charge in [0.05, 0.1) is 10.0 Å². The summed E-state index contributed by atoms with van der Waals surface area (Å²) >= 11 is 11.5. The smallest absolute Gasteiger partial charge is 0.525 e. The molecule has 0 atom stereocenters. The Balaban J connectivity index is 2.04. The molecule has 27 heavy (non-hydrogen) atoms. The normalized spacial score (nSPS) is 11.7. The number of alkyl halides is 6. The summed E-state index contributed by atoms with van der Waals surface area (Å²) in [4.78, 5) is 0. The predicted molar refractivity (Wildman–Crippen MR) is 83.3 cm³/mol. The van der Waals surface area contributed by atoms with E-state index in [1.165, 1.54) is 0 Å². The number of hydrogen-bond donors (Lipinski definition) is 0. The minimum atomic E-state index is -4.92. The van der Waals surface area contributed by atoms with Gasteiger partial charge >= 0.3 is 20.4 Å². The first-order valence-electron chi connectivity index (χ1n) is 6.68. The minimum absolute atomic E-state index is 0.0790. The molecule has 0 N–H and O–H groups in total. The Kier molecular flexibility index (Phi) is 6.48. The third-order valence-corrected chi connectivity index (χ3v) is 3.25. The summed E-state index contributed by atoms with van der Waals surface area (Å²) in [5, 5.41) is -0.158. The van der Waals surface area contributed by atoms with E-state index < -0.39 is 24.2 Å². The molecular formula is C14H6BCl2F6O4. The average Bonchev–Trinajstić information content (AvgIpc) is 2.50. The highest BCUT2D eigenvalue weighted by molar-refractivity contribution is 6.34. The molecule has 2 aromatic carbocycles. The summed E-state index contributed by atoms with van der Waals surface area (Å²) < 4.78 is 90.6. The largest absolute Gasteiger partial charge is 0.658 e. The fourth-order valence-corrected chi connectivity index (χ4v) is 1.99. The zero-order valence-corrected chi connectivity index (χ0v) is 14.2. The molecule has 145 valence electrons. The molecule has 4 nitrogen and oxygen atoms in total.